The minimum absolute atomic E-state index is 0.103. The molecule has 0 aliphatic heterocycles. The summed E-state index contributed by atoms with van der Waals surface area (Å²) >= 11 is 5.54. The summed E-state index contributed by atoms with van der Waals surface area (Å²) in [6.45, 7) is 1.56. The van der Waals surface area contributed by atoms with Crippen LogP contribution in [0, 0.1) is 18.6 Å². The molecule has 0 spiro atoms. The van der Waals surface area contributed by atoms with Crippen LogP contribution in [0.25, 0.3) is 0 Å². The molecule has 0 aliphatic rings. The van der Waals surface area contributed by atoms with Gasteiger partial charge in [0, 0.05) is 11.9 Å². The zero-order valence-electron chi connectivity index (χ0n) is 9.88. The Morgan fingerprint density at radius 1 is 1.26 bits per heavy atom. The van der Waals surface area contributed by atoms with Gasteiger partial charge in [-0.25, -0.2) is 13.8 Å². The van der Waals surface area contributed by atoms with Gasteiger partial charge in [-0.3, -0.25) is 4.79 Å². The first kappa shape index (κ1) is 13.4. The van der Waals surface area contributed by atoms with Crippen LogP contribution in [-0.4, -0.2) is 10.9 Å². The lowest BCUT2D eigenvalue weighted by Gasteiger charge is -2.06. The molecule has 98 valence electrons. The summed E-state index contributed by atoms with van der Waals surface area (Å²) in [5, 5.41) is 2.54. The number of carbonyl (C=O) groups is 1. The standard InChI is InChI=1S/C13H9ClF2N2O/c1-7-4-9(2-3-10(7)15)18-13(19)12-11(16)5-8(14)6-17-12/h2-6H,1H3,(H,18,19). The van der Waals surface area contributed by atoms with Gasteiger partial charge in [0.15, 0.2) is 11.5 Å². The van der Waals surface area contributed by atoms with Crippen molar-refractivity contribution in [3.8, 4) is 0 Å². The molecular weight excluding hydrogens is 274 g/mol. The molecule has 1 aromatic heterocycles. The van der Waals surface area contributed by atoms with Gasteiger partial charge in [-0.15, -0.1) is 0 Å². The van der Waals surface area contributed by atoms with Crippen LogP contribution < -0.4 is 5.32 Å². The molecule has 0 unspecified atom stereocenters. The average molecular weight is 283 g/mol. The molecule has 0 aliphatic carbocycles. The Kier molecular flexibility index (Phi) is 3.76. The lowest BCUT2D eigenvalue weighted by Crippen LogP contribution is -2.15. The van der Waals surface area contributed by atoms with Gasteiger partial charge >= 0.3 is 0 Å². The number of aryl methyl sites for hydroxylation is 1. The van der Waals surface area contributed by atoms with Crippen molar-refractivity contribution in [3.05, 3.63) is 58.4 Å². The maximum Gasteiger partial charge on any atom is 0.277 e. The van der Waals surface area contributed by atoms with E-state index in [1.165, 1.54) is 24.4 Å². The fraction of sp³-hybridized carbons (Fsp3) is 0.0769. The second-order valence-corrected chi connectivity index (χ2v) is 4.34. The largest absolute Gasteiger partial charge is 0.321 e. The van der Waals surface area contributed by atoms with Crippen LogP contribution in [0.2, 0.25) is 5.02 Å². The predicted molar refractivity (Wildman–Crippen MR) is 68.3 cm³/mol. The van der Waals surface area contributed by atoms with Gasteiger partial charge in [-0.1, -0.05) is 11.6 Å². The maximum absolute atomic E-state index is 13.5. The van der Waals surface area contributed by atoms with E-state index < -0.39 is 11.7 Å². The molecule has 1 aromatic carbocycles. The molecule has 0 bridgehead atoms. The molecule has 6 heteroatoms. The topological polar surface area (TPSA) is 42.0 Å². The van der Waals surface area contributed by atoms with E-state index in [9.17, 15) is 13.6 Å². The third-order valence-electron chi connectivity index (χ3n) is 2.44. The first-order valence-electron chi connectivity index (χ1n) is 5.36. The smallest absolute Gasteiger partial charge is 0.277 e. The molecule has 19 heavy (non-hydrogen) atoms. The molecule has 0 atom stereocenters. The van der Waals surface area contributed by atoms with Crippen LogP contribution >= 0.6 is 11.6 Å². The number of anilines is 1. The van der Waals surface area contributed by atoms with E-state index >= 15 is 0 Å². The number of halogens is 3. The Hall–Kier alpha value is -2.01. The van der Waals surface area contributed by atoms with E-state index in [1.807, 2.05) is 0 Å². The van der Waals surface area contributed by atoms with E-state index in [2.05, 4.69) is 10.3 Å². The number of pyridine rings is 1. The molecule has 1 amide bonds. The highest BCUT2D eigenvalue weighted by Gasteiger charge is 2.14. The minimum atomic E-state index is -0.816. The van der Waals surface area contributed by atoms with Crippen LogP contribution in [0.1, 0.15) is 16.1 Å². The lowest BCUT2D eigenvalue weighted by atomic mass is 10.2. The zero-order chi connectivity index (χ0) is 14.0. The highest BCUT2D eigenvalue weighted by molar-refractivity contribution is 6.30. The van der Waals surface area contributed by atoms with Crippen molar-refractivity contribution in [1.82, 2.24) is 4.98 Å². The monoisotopic (exact) mass is 282 g/mol. The van der Waals surface area contributed by atoms with E-state index in [0.717, 1.165) is 6.07 Å². The van der Waals surface area contributed by atoms with Crippen LogP contribution in [0.5, 0.6) is 0 Å². The molecule has 0 saturated heterocycles. The number of benzene rings is 1. The third-order valence-corrected chi connectivity index (χ3v) is 2.65. The van der Waals surface area contributed by atoms with Crippen LogP contribution in [0.15, 0.2) is 30.5 Å². The Balaban J connectivity index is 2.23. The number of hydrogen-bond acceptors (Lipinski definition) is 2. The average Bonchev–Trinajstić information content (AvgIpc) is 2.33. The molecule has 1 heterocycles. The molecule has 2 aromatic rings. The van der Waals surface area contributed by atoms with Crippen molar-refractivity contribution in [2.75, 3.05) is 5.32 Å². The van der Waals surface area contributed by atoms with E-state index in [1.54, 1.807) is 6.92 Å². The van der Waals surface area contributed by atoms with E-state index in [4.69, 9.17) is 11.6 Å². The number of hydrogen-bond donors (Lipinski definition) is 1. The number of amides is 1. The van der Waals surface area contributed by atoms with E-state index in [-0.39, 0.29) is 16.5 Å². The van der Waals surface area contributed by atoms with Gasteiger partial charge in [-0.05, 0) is 36.8 Å². The highest BCUT2D eigenvalue weighted by Crippen LogP contribution is 2.16. The SMILES string of the molecule is Cc1cc(NC(=O)c2ncc(Cl)cc2F)ccc1F. The van der Waals surface area contributed by atoms with Gasteiger partial charge < -0.3 is 5.32 Å². The Labute approximate surface area is 113 Å². The van der Waals surface area contributed by atoms with Crippen molar-refractivity contribution in [3.63, 3.8) is 0 Å². The first-order valence-corrected chi connectivity index (χ1v) is 5.73. The van der Waals surface area contributed by atoms with Gasteiger partial charge in [0.2, 0.25) is 0 Å². The normalized spacial score (nSPS) is 10.3. The second-order valence-electron chi connectivity index (χ2n) is 3.90. The number of carbonyl (C=O) groups excluding carboxylic acids is 1. The van der Waals surface area contributed by atoms with Gasteiger partial charge in [0.05, 0.1) is 5.02 Å². The number of nitrogens with one attached hydrogen (secondary N) is 1. The first-order chi connectivity index (χ1) is 8.97. The summed E-state index contributed by atoms with van der Waals surface area (Å²) in [6.07, 6.45) is 1.18. The molecular formula is C13H9ClF2N2O. The van der Waals surface area contributed by atoms with Crippen molar-refractivity contribution in [2.24, 2.45) is 0 Å². The molecule has 3 nitrogen and oxygen atoms in total. The summed E-state index contributed by atoms with van der Waals surface area (Å²) in [6, 6.07) is 5.05. The maximum atomic E-state index is 13.5. The van der Waals surface area contributed by atoms with Crippen LogP contribution in [0.3, 0.4) is 0 Å². The van der Waals surface area contributed by atoms with Crippen molar-refractivity contribution >= 4 is 23.2 Å². The fourth-order valence-electron chi connectivity index (χ4n) is 1.49. The number of rotatable bonds is 2. The summed E-state index contributed by atoms with van der Waals surface area (Å²) in [4.78, 5) is 15.4. The second kappa shape index (κ2) is 5.32. The molecule has 1 N–H and O–H groups in total. The van der Waals surface area contributed by atoms with Crippen LogP contribution in [0.4, 0.5) is 14.5 Å². The van der Waals surface area contributed by atoms with Gasteiger partial charge in [-0.2, -0.15) is 0 Å². The predicted octanol–water partition coefficient (Wildman–Crippen LogP) is 3.57. The molecule has 0 saturated carbocycles. The quantitative estimate of drug-likeness (QED) is 0.915. The number of nitrogens with zero attached hydrogens (tertiary/aromatic N) is 1. The Morgan fingerprint density at radius 2 is 2.00 bits per heavy atom. The molecule has 0 fully saturated rings. The summed E-state index contributed by atoms with van der Waals surface area (Å²) in [5.74, 6) is -1.92. The fourth-order valence-corrected chi connectivity index (χ4v) is 1.64. The summed E-state index contributed by atoms with van der Waals surface area (Å²) in [5.41, 5.74) is 0.369. The van der Waals surface area contributed by atoms with Gasteiger partial charge in [0.25, 0.3) is 5.91 Å². The highest BCUT2D eigenvalue weighted by atomic mass is 35.5. The zero-order valence-corrected chi connectivity index (χ0v) is 10.6. The Morgan fingerprint density at radius 3 is 2.63 bits per heavy atom. The number of aromatic nitrogens is 1. The minimum Gasteiger partial charge on any atom is -0.321 e. The van der Waals surface area contributed by atoms with Crippen molar-refractivity contribution < 1.29 is 13.6 Å². The molecule has 2 rings (SSSR count). The summed E-state index contributed by atoms with van der Waals surface area (Å²) in [7, 11) is 0. The molecule has 0 radical (unpaired) electrons. The Bertz CT molecular complexity index is 647. The summed E-state index contributed by atoms with van der Waals surface area (Å²) < 4.78 is 26.5. The third kappa shape index (κ3) is 3.06. The lowest BCUT2D eigenvalue weighted by molar-refractivity contribution is 0.101. The van der Waals surface area contributed by atoms with Crippen LogP contribution in [-0.2, 0) is 0 Å². The van der Waals surface area contributed by atoms with Crippen molar-refractivity contribution in [2.45, 2.75) is 6.92 Å². The van der Waals surface area contributed by atoms with E-state index in [0.29, 0.717) is 11.3 Å². The van der Waals surface area contributed by atoms with Gasteiger partial charge in [0.1, 0.15) is 5.82 Å². The van der Waals surface area contributed by atoms with Crippen molar-refractivity contribution in [1.29, 1.82) is 0 Å².